The second kappa shape index (κ2) is 7.21. The first-order chi connectivity index (χ1) is 9.33. The number of ether oxygens (including phenoxy) is 3. The Kier molecular flexibility index (Phi) is 5.30. The first kappa shape index (κ1) is 14.0. The maximum atomic E-state index is 8.89. The number of likely N-dealkylation sites (N-methyl/N-ethyl adjacent to an activating group) is 1. The van der Waals surface area contributed by atoms with Crippen molar-refractivity contribution < 1.29 is 19.3 Å². The Morgan fingerprint density at radius 3 is 2.89 bits per heavy atom. The van der Waals surface area contributed by atoms with Crippen LogP contribution in [0.5, 0.6) is 17.2 Å². The van der Waals surface area contributed by atoms with E-state index in [2.05, 4.69) is 11.8 Å². The van der Waals surface area contributed by atoms with E-state index in [4.69, 9.17) is 19.3 Å². The Bertz CT molecular complexity index is 397. The molecule has 0 saturated heterocycles. The van der Waals surface area contributed by atoms with Crippen molar-refractivity contribution in [2.24, 2.45) is 0 Å². The molecule has 106 valence electrons. The summed E-state index contributed by atoms with van der Waals surface area (Å²) in [5, 5.41) is 8.89. The average Bonchev–Trinajstić information content (AvgIpc) is 2.89. The standard InChI is InChI=1S/C14H21NO4/c1-2-15(7-8-16)6-3-9-17-12-4-5-13-14(10-12)19-11-18-13/h4-5,10,16H,2-3,6-9,11H2,1H3. The molecule has 1 aliphatic heterocycles. The van der Waals surface area contributed by atoms with Gasteiger partial charge in [0.15, 0.2) is 11.5 Å². The molecule has 0 saturated carbocycles. The van der Waals surface area contributed by atoms with Gasteiger partial charge in [-0.05, 0) is 25.1 Å². The average molecular weight is 267 g/mol. The molecule has 0 aromatic heterocycles. The first-order valence-corrected chi connectivity index (χ1v) is 6.69. The number of hydrogen-bond donors (Lipinski definition) is 1. The SMILES string of the molecule is CCN(CCO)CCCOc1ccc2c(c1)OCO2. The van der Waals surface area contributed by atoms with Gasteiger partial charge in [-0.15, -0.1) is 0 Å². The first-order valence-electron chi connectivity index (χ1n) is 6.69. The predicted octanol–water partition coefficient (Wildman–Crippen LogP) is 1.50. The monoisotopic (exact) mass is 267 g/mol. The van der Waals surface area contributed by atoms with E-state index >= 15 is 0 Å². The number of nitrogens with zero attached hydrogens (tertiary/aromatic N) is 1. The Labute approximate surface area is 113 Å². The predicted molar refractivity (Wildman–Crippen MR) is 71.9 cm³/mol. The molecule has 0 aliphatic carbocycles. The quantitative estimate of drug-likeness (QED) is 0.723. The molecule has 1 aromatic rings. The maximum Gasteiger partial charge on any atom is 0.231 e. The third-order valence-corrected chi connectivity index (χ3v) is 3.09. The lowest BCUT2D eigenvalue weighted by Crippen LogP contribution is -2.28. The number of hydrogen-bond acceptors (Lipinski definition) is 5. The topological polar surface area (TPSA) is 51.2 Å². The Morgan fingerprint density at radius 1 is 1.26 bits per heavy atom. The molecule has 5 heteroatoms. The highest BCUT2D eigenvalue weighted by Crippen LogP contribution is 2.35. The van der Waals surface area contributed by atoms with Crippen molar-refractivity contribution in [3.05, 3.63) is 18.2 Å². The van der Waals surface area contributed by atoms with Crippen LogP contribution in [0.4, 0.5) is 0 Å². The van der Waals surface area contributed by atoms with Crippen molar-refractivity contribution in [1.29, 1.82) is 0 Å². The van der Waals surface area contributed by atoms with Crippen LogP contribution in [0, 0.1) is 0 Å². The third kappa shape index (κ3) is 4.01. The van der Waals surface area contributed by atoms with E-state index in [1.54, 1.807) is 0 Å². The summed E-state index contributed by atoms with van der Waals surface area (Å²) in [4.78, 5) is 2.20. The number of rotatable bonds is 8. The molecule has 19 heavy (non-hydrogen) atoms. The summed E-state index contributed by atoms with van der Waals surface area (Å²) in [5.41, 5.74) is 0. The van der Waals surface area contributed by atoms with Gasteiger partial charge >= 0.3 is 0 Å². The lowest BCUT2D eigenvalue weighted by Gasteiger charge is -2.18. The molecule has 0 bridgehead atoms. The molecule has 1 aliphatic rings. The van der Waals surface area contributed by atoms with Crippen LogP contribution < -0.4 is 14.2 Å². The van der Waals surface area contributed by atoms with Gasteiger partial charge in [-0.2, -0.15) is 0 Å². The summed E-state index contributed by atoms with van der Waals surface area (Å²) in [6.07, 6.45) is 0.933. The Hall–Kier alpha value is -1.46. The van der Waals surface area contributed by atoms with Crippen LogP contribution in [0.1, 0.15) is 13.3 Å². The van der Waals surface area contributed by atoms with E-state index in [1.807, 2.05) is 18.2 Å². The van der Waals surface area contributed by atoms with E-state index in [1.165, 1.54) is 0 Å². The van der Waals surface area contributed by atoms with Gasteiger partial charge in [-0.3, -0.25) is 0 Å². The summed E-state index contributed by atoms with van der Waals surface area (Å²) in [5.74, 6) is 2.31. The fourth-order valence-electron chi connectivity index (χ4n) is 2.01. The molecular formula is C14H21NO4. The van der Waals surface area contributed by atoms with E-state index in [0.717, 1.165) is 43.3 Å². The van der Waals surface area contributed by atoms with E-state index in [9.17, 15) is 0 Å². The molecule has 0 atom stereocenters. The summed E-state index contributed by atoms with van der Waals surface area (Å²) in [7, 11) is 0. The second-order valence-corrected chi connectivity index (χ2v) is 4.37. The number of fused-ring (bicyclic) bond motifs is 1. The van der Waals surface area contributed by atoms with E-state index < -0.39 is 0 Å². The largest absolute Gasteiger partial charge is 0.493 e. The minimum atomic E-state index is 0.205. The van der Waals surface area contributed by atoms with Crippen molar-refractivity contribution >= 4 is 0 Å². The van der Waals surface area contributed by atoms with Crippen LogP contribution in [0.3, 0.4) is 0 Å². The normalized spacial score (nSPS) is 13.0. The van der Waals surface area contributed by atoms with Crippen molar-refractivity contribution in [3.63, 3.8) is 0 Å². The van der Waals surface area contributed by atoms with Crippen molar-refractivity contribution in [1.82, 2.24) is 4.90 Å². The van der Waals surface area contributed by atoms with Gasteiger partial charge in [0.25, 0.3) is 0 Å². The van der Waals surface area contributed by atoms with Crippen LogP contribution in [-0.2, 0) is 0 Å². The highest BCUT2D eigenvalue weighted by molar-refractivity contribution is 5.46. The van der Waals surface area contributed by atoms with Crippen molar-refractivity contribution in [2.75, 3.05) is 39.6 Å². The zero-order chi connectivity index (χ0) is 13.5. The number of benzene rings is 1. The summed E-state index contributed by atoms with van der Waals surface area (Å²) in [6, 6.07) is 5.61. The highest BCUT2D eigenvalue weighted by Gasteiger charge is 2.13. The second-order valence-electron chi connectivity index (χ2n) is 4.37. The summed E-state index contributed by atoms with van der Waals surface area (Å²) < 4.78 is 16.2. The molecule has 0 radical (unpaired) electrons. The Balaban J connectivity index is 1.71. The van der Waals surface area contributed by atoms with Crippen LogP contribution in [0.25, 0.3) is 0 Å². The molecule has 2 rings (SSSR count). The van der Waals surface area contributed by atoms with Crippen LogP contribution in [0.2, 0.25) is 0 Å². The van der Waals surface area contributed by atoms with Gasteiger partial charge < -0.3 is 24.2 Å². The molecule has 1 aromatic carbocycles. The summed E-state index contributed by atoms with van der Waals surface area (Å²) in [6.45, 7) is 5.84. The van der Waals surface area contributed by atoms with Crippen LogP contribution >= 0.6 is 0 Å². The van der Waals surface area contributed by atoms with Crippen molar-refractivity contribution in [3.8, 4) is 17.2 Å². The fraction of sp³-hybridized carbons (Fsp3) is 0.571. The lowest BCUT2D eigenvalue weighted by atomic mass is 10.3. The Morgan fingerprint density at radius 2 is 2.11 bits per heavy atom. The smallest absolute Gasteiger partial charge is 0.231 e. The van der Waals surface area contributed by atoms with Gasteiger partial charge in [0.2, 0.25) is 6.79 Å². The number of aliphatic hydroxyl groups is 1. The minimum absolute atomic E-state index is 0.205. The zero-order valence-corrected chi connectivity index (χ0v) is 11.3. The van der Waals surface area contributed by atoms with Crippen LogP contribution in [0.15, 0.2) is 18.2 Å². The molecule has 0 spiro atoms. The molecule has 0 fully saturated rings. The van der Waals surface area contributed by atoms with Gasteiger partial charge in [0.1, 0.15) is 5.75 Å². The maximum absolute atomic E-state index is 8.89. The highest BCUT2D eigenvalue weighted by atomic mass is 16.7. The van der Waals surface area contributed by atoms with Gasteiger partial charge in [0, 0.05) is 19.2 Å². The van der Waals surface area contributed by atoms with E-state index in [0.29, 0.717) is 6.61 Å². The summed E-state index contributed by atoms with van der Waals surface area (Å²) >= 11 is 0. The van der Waals surface area contributed by atoms with Gasteiger partial charge in [-0.25, -0.2) is 0 Å². The molecular weight excluding hydrogens is 246 g/mol. The molecule has 5 nitrogen and oxygen atoms in total. The fourth-order valence-corrected chi connectivity index (χ4v) is 2.01. The molecule has 1 heterocycles. The van der Waals surface area contributed by atoms with Crippen LogP contribution in [-0.4, -0.2) is 49.6 Å². The van der Waals surface area contributed by atoms with Crippen molar-refractivity contribution in [2.45, 2.75) is 13.3 Å². The third-order valence-electron chi connectivity index (χ3n) is 3.09. The van der Waals surface area contributed by atoms with E-state index in [-0.39, 0.29) is 13.4 Å². The zero-order valence-electron chi connectivity index (χ0n) is 11.3. The number of aliphatic hydroxyl groups excluding tert-OH is 1. The molecule has 0 unspecified atom stereocenters. The minimum Gasteiger partial charge on any atom is -0.493 e. The molecule has 1 N–H and O–H groups in total. The lowest BCUT2D eigenvalue weighted by molar-refractivity contribution is 0.173. The van der Waals surface area contributed by atoms with Gasteiger partial charge in [0.05, 0.1) is 13.2 Å². The van der Waals surface area contributed by atoms with Gasteiger partial charge in [-0.1, -0.05) is 6.92 Å². The molecule has 0 amide bonds.